The minimum absolute atomic E-state index is 0.0866. The zero-order valence-corrected chi connectivity index (χ0v) is 11.5. The summed E-state index contributed by atoms with van der Waals surface area (Å²) in [4.78, 5) is 23.4. The Labute approximate surface area is 125 Å². The zero-order chi connectivity index (χ0) is 15.5. The summed E-state index contributed by atoms with van der Waals surface area (Å²) >= 11 is 0. The quantitative estimate of drug-likeness (QED) is 0.776. The molecule has 0 amide bonds. The summed E-state index contributed by atoms with van der Waals surface area (Å²) in [5.41, 5.74) is 1.53. The van der Waals surface area contributed by atoms with Gasteiger partial charge in [0, 0.05) is 24.5 Å². The molecule has 8 nitrogen and oxygen atoms in total. The maximum absolute atomic E-state index is 11.2. The van der Waals surface area contributed by atoms with Gasteiger partial charge in [-0.15, -0.1) is 0 Å². The molecule has 3 rings (SSSR count). The fourth-order valence-corrected chi connectivity index (χ4v) is 1.91. The SMILES string of the molecule is COc1ccc(-n2nc(C(=O)O)cc2-c2cnccn2)cn1. The molecular formula is C14H11N5O3. The number of pyridine rings is 1. The minimum Gasteiger partial charge on any atom is -0.481 e. The predicted molar refractivity (Wildman–Crippen MR) is 75.9 cm³/mol. The van der Waals surface area contributed by atoms with Crippen molar-refractivity contribution < 1.29 is 14.6 Å². The first kappa shape index (κ1) is 13.7. The van der Waals surface area contributed by atoms with E-state index in [0.29, 0.717) is 23.0 Å². The number of carboxylic acid groups (broad SMARTS) is 1. The Hall–Kier alpha value is -3.29. The van der Waals surface area contributed by atoms with Crippen LogP contribution < -0.4 is 4.74 Å². The Balaban J connectivity index is 2.14. The third kappa shape index (κ3) is 2.49. The zero-order valence-electron chi connectivity index (χ0n) is 11.5. The topological polar surface area (TPSA) is 103 Å². The van der Waals surface area contributed by atoms with E-state index >= 15 is 0 Å². The van der Waals surface area contributed by atoms with Gasteiger partial charge >= 0.3 is 5.97 Å². The number of nitrogens with zero attached hydrogens (tertiary/aromatic N) is 5. The molecule has 0 radical (unpaired) electrons. The lowest BCUT2D eigenvalue weighted by Gasteiger charge is -2.06. The van der Waals surface area contributed by atoms with Gasteiger partial charge in [-0.1, -0.05) is 0 Å². The van der Waals surface area contributed by atoms with Crippen molar-refractivity contribution >= 4 is 5.97 Å². The van der Waals surface area contributed by atoms with Crippen LogP contribution in [-0.4, -0.2) is 42.9 Å². The van der Waals surface area contributed by atoms with Crippen LogP contribution in [0.2, 0.25) is 0 Å². The Morgan fingerprint density at radius 3 is 2.68 bits per heavy atom. The second-order valence-corrected chi connectivity index (χ2v) is 4.28. The molecule has 0 saturated heterocycles. The normalized spacial score (nSPS) is 10.4. The number of hydrogen-bond donors (Lipinski definition) is 1. The lowest BCUT2D eigenvalue weighted by molar-refractivity contribution is 0.0690. The summed E-state index contributed by atoms with van der Waals surface area (Å²) in [5.74, 6) is -0.666. The van der Waals surface area contributed by atoms with Crippen LogP contribution in [0.15, 0.2) is 43.0 Å². The molecule has 3 aromatic heterocycles. The first-order chi connectivity index (χ1) is 10.7. The first-order valence-corrected chi connectivity index (χ1v) is 6.29. The van der Waals surface area contributed by atoms with Crippen LogP contribution in [0, 0.1) is 0 Å². The van der Waals surface area contributed by atoms with Crippen molar-refractivity contribution in [2.75, 3.05) is 7.11 Å². The molecule has 0 aromatic carbocycles. The van der Waals surface area contributed by atoms with Gasteiger partial charge in [-0.2, -0.15) is 5.10 Å². The summed E-state index contributed by atoms with van der Waals surface area (Å²) in [7, 11) is 1.52. The fourth-order valence-electron chi connectivity index (χ4n) is 1.91. The Morgan fingerprint density at radius 2 is 2.09 bits per heavy atom. The number of ether oxygens (including phenoxy) is 1. The number of aromatic carboxylic acids is 1. The van der Waals surface area contributed by atoms with Crippen LogP contribution in [0.25, 0.3) is 17.1 Å². The van der Waals surface area contributed by atoms with Gasteiger partial charge in [-0.25, -0.2) is 14.5 Å². The highest BCUT2D eigenvalue weighted by Crippen LogP contribution is 2.22. The predicted octanol–water partition coefficient (Wildman–Crippen LogP) is 1.43. The smallest absolute Gasteiger partial charge is 0.356 e. The highest BCUT2D eigenvalue weighted by atomic mass is 16.5. The van der Waals surface area contributed by atoms with E-state index in [2.05, 4.69) is 20.1 Å². The number of rotatable bonds is 4. The van der Waals surface area contributed by atoms with Crippen molar-refractivity contribution in [3.05, 3.63) is 48.7 Å². The van der Waals surface area contributed by atoms with E-state index in [0.717, 1.165) is 0 Å². The first-order valence-electron chi connectivity index (χ1n) is 6.29. The van der Waals surface area contributed by atoms with Crippen molar-refractivity contribution in [1.29, 1.82) is 0 Å². The van der Waals surface area contributed by atoms with Crippen molar-refractivity contribution in [3.8, 4) is 23.0 Å². The van der Waals surface area contributed by atoms with E-state index in [1.54, 1.807) is 12.1 Å². The summed E-state index contributed by atoms with van der Waals surface area (Å²) < 4.78 is 6.46. The minimum atomic E-state index is -1.12. The Morgan fingerprint density at radius 1 is 1.23 bits per heavy atom. The average molecular weight is 297 g/mol. The van der Waals surface area contributed by atoms with Crippen LogP contribution >= 0.6 is 0 Å². The fraction of sp³-hybridized carbons (Fsp3) is 0.0714. The van der Waals surface area contributed by atoms with E-state index in [1.165, 1.54) is 42.6 Å². The third-order valence-corrected chi connectivity index (χ3v) is 2.93. The van der Waals surface area contributed by atoms with Crippen LogP contribution in [0.1, 0.15) is 10.5 Å². The van der Waals surface area contributed by atoms with Crippen molar-refractivity contribution in [1.82, 2.24) is 24.7 Å². The molecule has 22 heavy (non-hydrogen) atoms. The van der Waals surface area contributed by atoms with E-state index < -0.39 is 5.97 Å². The lowest BCUT2D eigenvalue weighted by atomic mass is 10.3. The maximum Gasteiger partial charge on any atom is 0.356 e. The van der Waals surface area contributed by atoms with Gasteiger partial charge < -0.3 is 9.84 Å². The van der Waals surface area contributed by atoms with Gasteiger partial charge in [0.25, 0.3) is 0 Å². The standard InChI is InChI=1S/C14H11N5O3/c1-22-13-3-2-9(7-17-13)19-12(6-10(18-19)14(20)21)11-8-15-4-5-16-11/h2-8H,1H3,(H,20,21). The van der Waals surface area contributed by atoms with Gasteiger partial charge in [0.05, 0.1) is 30.9 Å². The molecule has 0 spiro atoms. The average Bonchev–Trinajstić information content (AvgIpc) is 3.01. The van der Waals surface area contributed by atoms with E-state index in [1.807, 2.05) is 0 Å². The van der Waals surface area contributed by atoms with Crippen molar-refractivity contribution in [2.45, 2.75) is 0 Å². The Bertz CT molecular complexity index is 799. The molecule has 0 saturated carbocycles. The summed E-state index contributed by atoms with van der Waals surface area (Å²) in [6, 6.07) is 4.83. The van der Waals surface area contributed by atoms with Crippen molar-refractivity contribution in [2.24, 2.45) is 0 Å². The molecular weight excluding hydrogens is 286 g/mol. The highest BCUT2D eigenvalue weighted by Gasteiger charge is 2.17. The molecule has 8 heteroatoms. The van der Waals surface area contributed by atoms with Crippen LogP contribution in [0.3, 0.4) is 0 Å². The molecule has 110 valence electrons. The number of aromatic nitrogens is 5. The van der Waals surface area contributed by atoms with Gasteiger partial charge in [-0.3, -0.25) is 9.97 Å². The van der Waals surface area contributed by atoms with E-state index in [-0.39, 0.29) is 5.69 Å². The van der Waals surface area contributed by atoms with Gasteiger partial charge in [-0.05, 0) is 6.07 Å². The molecule has 0 atom stereocenters. The molecule has 0 aliphatic rings. The second-order valence-electron chi connectivity index (χ2n) is 4.28. The Kier molecular flexibility index (Phi) is 3.48. The number of carboxylic acids is 1. The monoisotopic (exact) mass is 297 g/mol. The molecule has 1 N–H and O–H groups in total. The molecule has 3 heterocycles. The van der Waals surface area contributed by atoms with Gasteiger partial charge in [0.1, 0.15) is 5.69 Å². The largest absolute Gasteiger partial charge is 0.481 e. The van der Waals surface area contributed by atoms with Crippen LogP contribution in [0.5, 0.6) is 5.88 Å². The summed E-state index contributed by atoms with van der Waals surface area (Å²) in [6.07, 6.45) is 6.14. The van der Waals surface area contributed by atoms with Gasteiger partial charge in [0.2, 0.25) is 5.88 Å². The molecule has 3 aromatic rings. The number of methoxy groups -OCH3 is 1. The van der Waals surface area contributed by atoms with Crippen molar-refractivity contribution in [3.63, 3.8) is 0 Å². The lowest BCUT2D eigenvalue weighted by Crippen LogP contribution is -2.03. The van der Waals surface area contributed by atoms with Crippen LogP contribution in [-0.2, 0) is 0 Å². The summed E-state index contributed by atoms with van der Waals surface area (Å²) in [6.45, 7) is 0. The molecule has 0 aliphatic heterocycles. The number of hydrogen-bond acceptors (Lipinski definition) is 6. The highest BCUT2D eigenvalue weighted by molar-refractivity contribution is 5.87. The maximum atomic E-state index is 11.2. The van der Waals surface area contributed by atoms with Gasteiger partial charge in [0.15, 0.2) is 5.69 Å². The number of carbonyl (C=O) groups is 1. The molecule has 0 fully saturated rings. The van der Waals surface area contributed by atoms with E-state index in [4.69, 9.17) is 9.84 Å². The third-order valence-electron chi connectivity index (χ3n) is 2.93. The van der Waals surface area contributed by atoms with E-state index in [9.17, 15) is 4.79 Å². The summed E-state index contributed by atoms with van der Waals surface area (Å²) in [5, 5.41) is 13.2. The van der Waals surface area contributed by atoms with Crippen LogP contribution in [0.4, 0.5) is 0 Å². The second kappa shape index (κ2) is 5.60. The molecule has 0 unspecified atom stereocenters. The molecule has 0 bridgehead atoms. The molecule has 0 aliphatic carbocycles.